The van der Waals surface area contributed by atoms with Gasteiger partial charge >= 0.3 is 6.16 Å². The largest absolute Gasteiger partial charge is 0.521 e. The molecule has 1 rings (SSSR count). The van der Waals surface area contributed by atoms with E-state index in [2.05, 4.69) is 14.6 Å². The molecule has 0 atom stereocenters. The number of ether oxygens (including phenoxy) is 2. The SMILES string of the molecule is N=C1CC/C(=N/O)OC(=O)O1. The number of carbonyl (C=O) groups is 1. The van der Waals surface area contributed by atoms with Crippen LogP contribution in [0, 0.1) is 5.41 Å². The molecule has 1 fully saturated rings. The highest BCUT2D eigenvalue weighted by atomic mass is 16.7. The van der Waals surface area contributed by atoms with Crippen LogP contribution in [-0.4, -0.2) is 23.2 Å². The molecule has 0 amide bonds. The van der Waals surface area contributed by atoms with E-state index < -0.39 is 6.16 Å². The average molecular weight is 158 g/mol. The van der Waals surface area contributed by atoms with Crippen LogP contribution in [0.1, 0.15) is 12.8 Å². The van der Waals surface area contributed by atoms with Gasteiger partial charge in [-0.15, -0.1) is 0 Å². The van der Waals surface area contributed by atoms with Crippen molar-refractivity contribution in [3.8, 4) is 0 Å². The molecule has 2 N–H and O–H groups in total. The summed E-state index contributed by atoms with van der Waals surface area (Å²) in [5.41, 5.74) is 0. The van der Waals surface area contributed by atoms with Gasteiger partial charge in [0.05, 0.1) is 0 Å². The first kappa shape index (κ1) is 7.52. The van der Waals surface area contributed by atoms with Gasteiger partial charge in [0.2, 0.25) is 5.90 Å². The van der Waals surface area contributed by atoms with E-state index >= 15 is 0 Å². The van der Waals surface area contributed by atoms with E-state index in [1.165, 1.54) is 0 Å². The number of rotatable bonds is 0. The highest BCUT2D eigenvalue weighted by Gasteiger charge is 2.19. The first-order chi connectivity index (χ1) is 5.22. The normalized spacial score (nSPS) is 22.4. The summed E-state index contributed by atoms with van der Waals surface area (Å²) in [5.74, 6) is -0.314. The summed E-state index contributed by atoms with van der Waals surface area (Å²) in [6.07, 6.45) is -0.632. The van der Waals surface area contributed by atoms with Gasteiger partial charge in [-0.2, -0.15) is 0 Å². The molecular weight excluding hydrogens is 152 g/mol. The molecule has 6 heteroatoms. The summed E-state index contributed by atoms with van der Waals surface area (Å²) in [4.78, 5) is 10.5. The van der Waals surface area contributed by atoms with Gasteiger partial charge in [0.1, 0.15) is 0 Å². The molecule has 0 bridgehead atoms. The summed E-state index contributed by atoms with van der Waals surface area (Å²) < 4.78 is 8.60. The average Bonchev–Trinajstić information content (AvgIpc) is 2.11. The Kier molecular flexibility index (Phi) is 2.05. The van der Waals surface area contributed by atoms with Gasteiger partial charge in [-0.25, -0.2) is 4.79 Å². The number of carbonyl (C=O) groups excluding carboxylic acids is 1. The number of cyclic esters (lactones) is 2. The van der Waals surface area contributed by atoms with Gasteiger partial charge in [0, 0.05) is 12.8 Å². The van der Waals surface area contributed by atoms with Crippen molar-refractivity contribution in [2.75, 3.05) is 0 Å². The highest BCUT2D eigenvalue weighted by molar-refractivity contribution is 5.95. The van der Waals surface area contributed by atoms with E-state index in [-0.39, 0.29) is 24.6 Å². The maximum atomic E-state index is 10.5. The Balaban J connectivity index is 2.67. The van der Waals surface area contributed by atoms with Crippen molar-refractivity contribution in [1.29, 1.82) is 5.41 Å². The van der Waals surface area contributed by atoms with E-state index in [1.807, 2.05) is 0 Å². The summed E-state index contributed by atoms with van der Waals surface area (Å²) in [5, 5.41) is 17.9. The standard InChI is InChI=1S/C5H6N2O4/c6-3-1-2-4(7-9)11-5(8)10-3/h6,9H,1-2H2/b6-3?,7-4-. The van der Waals surface area contributed by atoms with E-state index in [4.69, 9.17) is 10.6 Å². The molecule has 0 aromatic carbocycles. The lowest BCUT2D eigenvalue weighted by molar-refractivity contribution is 0.142. The minimum absolute atomic E-state index is 0.128. The first-order valence-corrected chi connectivity index (χ1v) is 2.90. The zero-order chi connectivity index (χ0) is 8.27. The zero-order valence-corrected chi connectivity index (χ0v) is 5.53. The number of oxime groups is 1. The molecule has 1 saturated heterocycles. The minimum atomic E-state index is -1.03. The Morgan fingerprint density at radius 1 is 1.45 bits per heavy atom. The van der Waals surface area contributed by atoms with Crippen LogP contribution in [0.2, 0.25) is 0 Å². The summed E-state index contributed by atoms with van der Waals surface area (Å²) in [6, 6.07) is 0. The number of nitrogens with zero attached hydrogens (tertiary/aromatic N) is 1. The van der Waals surface area contributed by atoms with Crippen molar-refractivity contribution in [2.24, 2.45) is 5.16 Å². The van der Waals surface area contributed by atoms with Gasteiger partial charge in [-0.3, -0.25) is 5.41 Å². The van der Waals surface area contributed by atoms with E-state index in [1.54, 1.807) is 0 Å². The topological polar surface area (TPSA) is 92.0 Å². The van der Waals surface area contributed by atoms with Gasteiger partial charge < -0.3 is 14.7 Å². The molecule has 60 valence electrons. The minimum Gasteiger partial charge on any atom is -0.408 e. The third-order valence-corrected chi connectivity index (χ3v) is 1.09. The lowest BCUT2D eigenvalue weighted by Crippen LogP contribution is -2.10. The maximum Gasteiger partial charge on any atom is 0.521 e. The smallest absolute Gasteiger partial charge is 0.408 e. The van der Waals surface area contributed by atoms with Gasteiger partial charge in [0.15, 0.2) is 5.90 Å². The van der Waals surface area contributed by atoms with Crippen molar-refractivity contribution < 1.29 is 19.5 Å². The Bertz CT molecular complexity index is 223. The predicted octanol–water partition coefficient (Wildman–Crippen LogP) is 0.698. The van der Waals surface area contributed by atoms with Gasteiger partial charge in [-0.05, 0) is 0 Å². The molecule has 1 aliphatic heterocycles. The lowest BCUT2D eigenvalue weighted by Gasteiger charge is -1.96. The van der Waals surface area contributed by atoms with E-state index in [9.17, 15) is 4.79 Å². The Hall–Kier alpha value is -1.59. The number of hydrogen-bond donors (Lipinski definition) is 2. The molecule has 0 saturated carbocycles. The molecule has 11 heavy (non-hydrogen) atoms. The van der Waals surface area contributed by atoms with Crippen molar-refractivity contribution in [3.63, 3.8) is 0 Å². The molecule has 0 aromatic rings. The Labute approximate surface area is 61.9 Å². The quantitative estimate of drug-likeness (QED) is 0.308. The molecule has 0 radical (unpaired) electrons. The zero-order valence-electron chi connectivity index (χ0n) is 5.53. The van der Waals surface area contributed by atoms with Crippen molar-refractivity contribution in [3.05, 3.63) is 0 Å². The van der Waals surface area contributed by atoms with E-state index in [0.717, 1.165) is 0 Å². The van der Waals surface area contributed by atoms with Crippen LogP contribution in [0.15, 0.2) is 5.16 Å². The lowest BCUT2D eigenvalue weighted by atomic mass is 10.3. The molecule has 0 unspecified atom stereocenters. The third kappa shape index (κ3) is 1.92. The van der Waals surface area contributed by atoms with Crippen molar-refractivity contribution in [2.45, 2.75) is 12.8 Å². The van der Waals surface area contributed by atoms with Crippen LogP contribution in [0.5, 0.6) is 0 Å². The molecule has 1 aliphatic rings. The number of nitrogens with one attached hydrogen (secondary N) is 1. The number of hydrogen-bond acceptors (Lipinski definition) is 6. The Morgan fingerprint density at radius 3 is 2.82 bits per heavy atom. The van der Waals surface area contributed by atoms with Crippen LogP contribution >= 0.6 is 0 Å². The highest BCUT2D eigenvalue weighted by Crippen LogP contribution is 2.05. The second kappa shape index (κ2) is 3.00. The van der Waals surface area contributed by atoms with Crippen LogP contribution in [0.4, 0.5) is 4.79 Å². The van der Waals surface area contributed by atoms with Crippen LogP contribution in [0.25, 0.3) is 0 Å². The van der Waals surface area contributed by atoms with Gasteiger partial charge in [-0.1, -0.05) is 5.16 Å². The molecule has 0 aliphatic carbocycles. The monoisotopic (exact) mass is 158 g/mol. The molecular formula is C5H6N2O4. The van der Waals surface area contributed by atoms with Gasteiger partial charge in [0.25, 0.3) is 0 Å². The van der Waals surface area contributed by atoms with E-state index in [0.29, 0.717) is 0 Å². The fourth-order valence-electron chi connectivity index (χ4n) is 0.611. The Morgan fingerprint density at radius 2 is 2.18 bits per heavy atom. The van der Waals surface area contributed by atoms with Crippen LogP contribution in [-0.2, 0) is 9.47 Å². The predicted molar refractivity (Wildman–Crippen MR) is 33.7 cm³/mol. The molecule has 0 aromatic heterocycles. The molecule has 0 spiro atoms. The first-order valence-electron chi connectivity index (χ1n) is 2.90. The summed E-state index contributed by atoms with van der Waals surface area (Å²) in [6.45, 7) is 0. The maximum absolute atomic E-state index is 10.5. The second-order valence-corrected chi connectivity index (χ2v) is 1.87. The summed E-state index contributed by atoms with van der Waals surface area (Å²) >= 11 is 0. The fourth-order valence-corrected chi connectivity index (χ4v) is 0.611. The van der Waals surface area contributed by atoms with Crippen molar-refractivity contribution >= 4 is 18.0 Å². The van der Waals surface area contributed by atoms with Crippen LogP contribution in [0.3, 0.4) is 0 Å². The fraction of sp³-hybridized carbons (Fsp3) is 0.400. The third-order valence-electron chi connectivity index (χ3n) is 1.09. The second-order valence-electron chi connectivity index (χ2n) is 1.87. The van der Waals surface area contributed by atoms with Crippen molar-refractivity contribution in [1.82, 2.24) is 0 Å². The molecule has 6 nitrogen and oxygen atoms in total. The van der Waals surface area contributed by atoms with Crippen LogP contribution < -0.4 is 0 Å². The molecule has 1 heterocycles. The summed E-state index contributed by atoms with van der Waals surface area (Å²) in [7, 11) is 0.